The van der Waals surface area contributed by atoms with Crippen LogP contribution in [0.15, 0.2) is 12.2 Å². The van der Waals surface area contributed by atoms with E-state index in [0.29, 0.717) is 0 Å². The molecule has 0 bridgehead atoms. The van der Waals surface area contributed by atoms with Gasteiger partial charge in [0.15, 0.2) is 0 Å². The van der Waals surface area contributed by atoms with Gasteiger partial charge in [-0.3, -0.25) is 0 Å². The van der Waals surface area contributed by atoms with E-state index in [1.165, 1.54) is 12.2 Å². The first kappa shape index (κ1) is 10.9. The van der Waals surface area contributed by atoms with E-state index in [9.17, 15) is 0 Å². The maximum atomic E-state index is 2.44. The molecule has 11 heavy (non-hydrogen) atoms. The summed E-state index contributed by atoms with van der Waals surface area (Å²) < 4.78 is 0. The first-order chi connectivity index (χ1) is 4.98. The molecule has 0 aliphatic heterocycles. The molecule has 66 valence electrons. The fourth-order valence-corrected chi connectivity index (χ4v) is 4.07. The summed E-state index contributed by atoms with van der Waals surface area (Å²) in [5.74, 6) is 0. The molecule has 0 N–H and O–H groups in total. The molecule has 0 aromatic heterocycles. The van der Waals surface area contributed by atoms with Gasteiger partial charge < -0.3 is 4.90 Å². The average Bonchev–Trinajstić information content (AvgIpc) is 1.81. The zero-order valence-corrected chi connectivity index (χ0v) is 9.52. The van der Waals surface area contributed by atoms with Crippen molar-refractivity contribution >= 4 is 8.07 Å². The summed E-state index contributed by atoms with van der Waals surface area (Å²) >= 11 is 0. The molecule has 0 unspecified atom stereocenters. The summed E-state index contributed by atoms with van der Waals surface area (Å²) in [5, 5.41) is 0. The Hall–Kier alpha value is -0.0831. The van der Waals surface area contributed by atoms with Crippen LogP contribution in [0.25, 0.3) is 0 Å². The van der Waals surface area contributed by atoms with E-state index in [-0.39, 0.29) is 0 Å². The molecular weight excluding hydrogens is 150 g/mol. The van der Waals surface area contributed by atoms with Crippen LogP contribution in [0.4, 0.5) is 0 Å². The summed E-state index contributed by atoms with van der Waals surface area (Å²) in [4.78, 5) is 2.30. The largest absolute Gasteiger partial charge is 0.312 e. The van der Waals surface area contributed by atoms with E-state index in [1.54, 1.807) is 0 Å². The number of rotatable bonds is 4. The van der Waals surface area contributed by atoms with E-state index in [1.807, 2.05) is 0 Å². The van der Waals surface area contributed by atoms with Crippen molar-refractivity contribution in [3.8, 4) is 0 Å². The predicted molar refractivity (Wildman–Crippen MR) is 55.7 cm³/mol. The van der Waals surface area contributed by atoms with E-state index in [2.05, 4.69) is 51.2 Å². The van der Waals surface area contributed by atoms with Crippen LogP contribution in [0.5, 0.6) is 0 Å². The number of nitrogens with zero attached hydrogens (tertiary/aromatic N) is 1. The molecule has 0 amide bonds. The molecule has 1 nitrogen and oxygen atoms in total. The highest BCUT2D eigenvalue weighted by atomic mass is 28.3. The fourth-order valence-electron chi connectivity index (χ4n) is 1.36. The Morgan fingerprint density at radius 3 is 2.18 bits per heavy atom. The second-order valence-corrected chi connectivity index (χ2v) is 9.23. The Morgan fingerprint density at radius 1 is 1.27 bits per heavy atom. The van der Waals surface area contributed by atoms with Crippen LogP contribution in [0.2, 0.25) is 19.1 Å². The third-order valence-electron chi connectivity index (χ3n) is 1.65. The Labute approximate surface area is 72.1 Å². The lowest BCUT2D eigenvalue weighted by molar-refractivity contribution is 0.470. The van der Waals surface area contributed by atoms with Crippen LogP contribution < -0.4 is 0 Å². The molecule has 0 saturated carbocycles. The van der Waals surface area contributed by atoms with E-state index in [4.69, 9.17) is 0 Å². The number of hydrogen-bond donors (Lipinski definition) is 0. The lowest BCUT2D eigenvalue weighted by atomic mass is 10.6. The summed E-state index contributed by atoms with van der Waals surface area (Å²) in [5.41, 5.74) is 0. The van der Waals surface area contributed by atoms with Gasteiger partial charge in [-0.25, -0.2) is 0 Å². The van der Waals surface area contributed by atoms with Crippen molar-refractivity contribution in [2.24, 2.45) is 0 Å². The Kier molecular flexibility index (Phi) is 4.69. The summed E-state index contributed by atoms with van der Waals surface area (Å²) in [6, 6.07) is 1.31. The summed E-state index contributed by atoms with van der Waals surface area (Å²) in [7, 11) is 3.37. The zero-order valence-electron chi connectivity index (χ0n) is 8.52. The van der Waals surface area contributed by atoms with Crippen molar-refractivity contribution in [1.82, 2.24) is 4.90 Å². The Balaban J connectivity index is 3.79. The van der Waals surface area contributed by atoms with Gasteiger partial charge in [-0.2, -0.15) is 0 Å². The van der Waals surface area contributed by atoms with Gasteiger partial charge in [0.2, 0.25) is 0 Å². The van der Waals surface area contributed by atoms with Gasteiger partial charge in [0.05, 0.1) is 8.07 Å². The predicted octanol–water partition coefficient (Wildman–Crippen LogP) is 2.37. The van der Waals surface area contributed by atoms with Crippen molar-refractivity contribution in [3.63, 3.8) is 0 Å². The molecule has 0 heterocycles. The zero-order chi connectivity index (χ0) is 8.91. The minimum absolute atomic E-state index is 0.948. The Bertz CT molecular complexity index is 128. The molecule has 0 atom stereocenters. The maximum absolute atomic E-state index is 2.44. The molecule has 0 aromatic rings. The van der Waals surface area contributed by atoms with Crippen molar-refractivity contribution in [1.29, 1.82) is 0 Å². The van der Waals surface area contributed by atoms with Crippen LogP contribution in [0.1, 0.15) is 6.92 Å². The monoisotopic (exact) mass is 171 g/mol. The SMILES string of the molecule is C/C=C/C[Si](C)(C)CN(C)C. The molecule has 0 spiro atoms. The van der Waals surface area contributed by atoms with Crippen molar-refractivity contribution < 1.29 is 0 Å². The van der Waals surface area contributed by atoms with Crippen LogP contribution in [0.3, 0.4) is 0 Å². The summed E-state index contributed by atoms with van der Waals surface area (Å²) in [6.45, 7) is 6.97. The third-order valence-corrected chi connectivity index (χ3v) is 4.48. The second-order valence-electron chi connectivity index (χ2n) is 4.18. The first-order valence-corrected chi connectivity index (χ1v) is 7.65. The van der Waals surface area contributed by atoms with Gasteiger partial charge in [0.25, 0.3) is 0 Å². The molecule has 0 aliphatic carbocycles. The number of hydrogen-bond acceptors (Lipinski definition) is 1. The highest BCUT2D eigenvalue weighted by Crippen LogP contribution is 2.10. The van der Waals surface area contributed by atoms with Gasteiger partial charge in [0.1, 0.15) is 0 Å². The second kappa shape index (κ2) is 4.73. The highest BCUT2D eigenvalue weighted by molar-refractivity contribution is 6.77. The van der Waals surface area contributed by atoms with Crippen LogP contribution in [0, 0.1) is 0 Å². The molecule has 0 aliphatic rings. The molecule has 2 heteroatoms. The topological polar surface area (TPSA) is 3.24 Å². The standard InChI is InChI=1S/C9H21NSi/c1-6-7-8-11(4,5)9-10(2)3/h6-7H,8-9H2,1-5H3/b7-6+. The van der Waals surface area contributed by atoms with Crippen LogP contribution in [-0.2, 0) is 0 Å². The molecule has 0 saturated heterocycles. The quantitative estimate of drug-likeness (QED) is 0.464. The lowest BCUT2D eigenvalue weighted by Crippen LogP contribution is -2.38. The fraction of sp³-hybridized carbons (Fsp3) is 0.778. The van der Waals surface area contributed by atoms with Crippen molar-refractivity contribution in [2.75, 3.05) is 20.3 Å². The van der Waals surface area contributed by atoms with Gasteiger partial charge in [0, 0.05) is 0 Å². The van der Waals surface area contributed by atoms with Gasteiger partial charge in [-0.05, 0) is 33.2 Å². The van der Waals surface area contributed by atoms with E-state index in [0.717, 1.165) is 0 Å². The lowest BCUT2D eigenvalue weighted by Gasteiger charge is -2.24. The smallest absolute Gasteiger partial charge is 0.0666 e. The first-order valence-electron chi connectivity index (χ1n) is 4.24. The van der Waals surface area contributed by atoms with Crippen LogP contribution >= 0.6 is 0 Å². The number of allylic oxidation sites excluding steroid dienone is 2. The third kappa shape index (κ3) is 6.32. The van der Waals surface area contributed by atoms with Gasteiger partial charge in [-0.1, -0.05) is 25.2 Å². The summed E-state index contributed by atoms with van der Waals surface area (Å²) in [6.07, 6.45) is 5.75. The van der Waals surface area contributed by atoms with E-state index < -0.39 is 8.07 Å². The highest BCUT2D eigenvalue weighted by Gasteiger charge is 2.19. The normalized spacial score (nSPS) is 13.3. The Morgan fingerprint density at radius 2 is 1.82 bits per heavy atom. The van der Waals surface area contributed by atoms with Crippen molar-refractivity contribution in [3.05, 3.63) is 12.2 Å². The minimum atomic E-state index is -0.948. The molecular formula is C9H21NSi. The molecule has 0 radical (unpaired) electrons. The maximum Gasteiger partial charge on any atom is 0.0666 e. The van der Waals surface area contributed by atoms with Gasteiger partial charge >= 0.3 is 0 Å². The molecule has 0 rings (SSSR count). The van der Waals surface area contributed by atoms with E-state index >= 15 is 0 Å². The van der Waals surface area contributed by atoms with Gasteiger partial charge in [-0.15, -0.1) is 0 Å². The molecule has 0 fully saturated rings. The van der Waals surface area contributed by atoms with Crippen molar-refractivity contribution in [2.45, 2.75) is 26.1 Å². The van der Waals surface area contributed by atoms with Crippen LogP contribution in [-0.4, -0.2) is 33.2 Å². The average molecular weight is 171 g/mol. The minimum Gasteiger partial charge on any atom is -0.312 e. The molecule has 0 aromatic carbocycles.